The Balaban J connectivity index is 2.24. The largest absolute Gasteiger partial charge is 0.476 e. The Kier molecular flexibility index (Phi) is 4.76. The zero-order valence-corrected chi connectivity index (χ0v) is 14.0. The van der Waals surface area contributed by atoms with Crippen molar-refractivity contribution in [2.75, 3.05) is 14.1 Å². The fourth-order valence-corrected chi connectivity index (χ4v) is 2.79. The van der Waals surface area contributed by atoms with E-state index in [1.54, 1.807) is 6.92 Å². The van der Waals surface area contributed by atoms with Crippen molar-refractivity contribution < 1.29 is 18.3 Å². The van der Waals surface area contributed by atoms with E-state index in [2.05, 4.69) is 10.3 Å². The maximum absolute atomic E-state index is 11.9. The number of rotatable bonds is 6. The molecule has 0 aliphatic carbocycles. The molecule has 1 aromatic carbocycles. The van der Waals surface area contributed by atoms with Crippen molar-refractivity contribution in [3.63, 3.8) is 0 Å². The van der Waals surface area contributed by atoms with Crippen LogP contribution in [0.1, 0.15) is 12.5 Å². The summed E-state index contributed by atoms with van der Waals surface area (Å²) in [7, 11) is -1.12. The molecule has 0 radical (unpaired) electrons. The molecule has 1 heterocycles. The summed E-state index contributed by atoms with van der Waals surface area (Å²) in [6.07, 6.45) is 2.01. The Hall–Kier alpha value is -1.94. The summed E-state index contributed by atoms with van der Waals surface area (Å²) in [5, 5.41) is 10.3. The van der Waals surface area contributed by atoms with Gasteiger partial charge >= 0.3 is 5.97 Å². The number of hydrogen-bond donors (Lipinski definition) is 3. The highest BCUT2D eigenvalue weighted by molar-refractivity contribution is 7.87. The maximum atomic E-state index is 11.9. The van der Waals surface area contributed by atoms with Crippen LogP contribution in [0.5, 0.6) is 0 Å². The molecule has 1 unspecified atom stereocenters. The van der Waals surface area contributed by atoms with Gasteiger partial charge in [0.1, 0.15) is 0 Å². The van der Waals surface area contributed by atoms with Crippen LogP contribution in [0, 0.1) is 0 Å². The summed E-state index contributed by atoms with van der Waals surface area (Å²) in [6.45, 7) is 1.80. The van der Waals surface area contributed by atoms with Crippen LogP contribution >= 0.6 is 0 Å². The molecule has 0 saturated heterocycles. The molecule has 0 fully saturated rings. The number of carboxylic acids is 1. The first-order valence-corrected chi connectivity index (χ1v) is 8.35. The van der Waals surface area contributed by atoms with Crippen molar-refractivity contribution in [1.82, 2.24) is 19.7 Å². The summed E-state index contributed by atoms with van der Waals surface area (Å²) in [5.74, 6) is -1.23. The van der Waals surface area contributed by atoms with Gasteiger partial charge in [-0.05, 0) is 25.0 Å². The van der Waals surface area contributed by atoms with Crippen LogP contribution < -0.4 is 10.3 Å². The molecule has 0 saturated carbocycles. The zero-order chi connectivity index (χ0) is 17.3. The van der Waals surface area contributed by atoms with Gasteiger partial charge in [-0.2, -0.15) is 12.7 Å². The van der Waals surface area contributed by atoms with Crippen LogP contribution in [0.2, 0.25) is 0 Å². The first kappa shape index (κ1) is 17.4. The molecule has 1 aliphatic heterocycles. The minimum atomic E-state index is -3.83. The Bertz CT molecular complexity index is 718. The van der Waals surface area contributed by atoms with Gasteiger partial charge in [0.25, 0.3) is 10.2 Å². The second-order valence-electron chi connectivity index (χ2n) is 5.74. The van der Waals surface area contributed by atoms with Gasteiger partial charge in [-0.25, -0.2) is 15.3 Å². The van der Waals surface area contributed by atoms with Gasteiger partial charge in [-0.15, -0.1) is 0 Å². The molecule has 0 bridgehead atoms. The lowest BCUT2D eigenvalue weighted by molar-refractivity contribution is -0.134. The fraction of sp³-hybridized carbons (Fsp3) is 0.357. The first-order valence-electron chi connectivity index (χ1n) is 6.91. The monoisotopic (exact) mass is 340 g/mol. The lowest BCUT2D eigenvalue weighted by atomic mass is 9.93. The van der Waals surface area contributed by atoms with Crippen LogP contribution in [0.25, 0.3) is 0 Å². The standard InChI is InChI=1S/C14H20N4O4S/c1-14(9-11-7-5-4-6-8-11)10-12(13(19)20)18(15-14)16-23(21,22)17(2)3/h4-8,10,15-16H,9H2,1-3H3,(H,19,20). The van der Waals surface area contributed by atoms with Crippen molar-refractivity contribution in [1.29, 1.82) is 0 Å². The fourth-order valence-electron chi connectivity index (χ4n) is 2.25. The van der Waals surface area contributed by atoms with E-state index in [1.807, 2.05) is 30.3 Å². The van der Waals surface area contributed by atoms with E-state index in [0.717, 1.165) is 15.0 Å². The minimum absolute atomic E-state index is 0.172. The molecule has 0 amide bonds. The molecule has 3 N–H and O–H groups in total. The third kappa shape index (κ3) is 4.08. The van der Waals surface area contributed by atoms with E-state index in [9.17, 15) is 18.3 Å². The number of hydrogen-bond acceptors (Lipinski definition) is 5. The summed E-state index contributed by atoms with van der Waals surface area (Å²) in [5.41, 5.74) is 3.00. The molecule has 8 nitrogen and oxygen atoms in total. The predicted octanol–water partition coefficient (Wildman–Crippen LogP) is 0.0875. The number of carboxylic acid groups (broad SMARTS) is 1. The summed E-state index contributed by atoms with van der Waals surface area (Å²) in [4.78, 5) is 13.6. The highest BCUT2D eigenvalue weighted by atomic mass is 32.2. The predicted molar refractivity (Wildman–Crippen MR) is 85.0 cm³/mol. The number of nitrogens with one attached hydrogen (secondary N) is 2. The quantitative estimate of drug-likeness (QED) is 0.678. The van der Waals surface area contributed by atoms with Gasteiger partial charge in [0.2, 0.25) is 0 Å². The second kappa shape index (κ2) is 6.28. The van der Waals surface area contributed by atoms with Crippen LogP contribution in [-0.2, 0) is 21.4 Å². The molecule has 9 heteroatoms. The van der Waals surface area contributed by atoms with Crippen molar-refractivity contribution >= 4 is 16.2 Å². The van der Waals surface area contributed by atoms with E-state index >= 15 is 0 Å². The Morgan fingerprint density at radius 3 is 2.48 bits per heavy atom. The van der Waals surface area contributed by atoms with E-state index in [1.165, 1.54) is 20.2 Å². The summed E-state index contributed by atoms with van der Waals surface area (Å²) in [6, 6.07) is 9.52. The average molecular weight is 340 g/mol. The number of benzene rings is 1. The average Bonchev–Trinajstić information content (AvgIpc) is 2.75. The highest BCUT2D eigenvalue weighted by Crippen LogP contribution is 2.24. The Morgan fingerprint density at radius 1 is 1.35 bits per heavy atom. The highest BCUT2D eigenvalue weighted by Gasteiger charge is 2.38. The van der Waals surface area contributed by atoms with E-state index in [0.29, 0.717) is 6.42 Å². The maximum Gasteiger partial charge on any atom is 0.355 e. The molecule has 1 atom stereocenters. The normalized spacial score (nSPS) is 21.6. The molecule has 1 aromatic rings. The zero-order valence-electron chi connectivity index (χ0n) is 13.1. The molecule has 23 heavy (non-hydrogen) atoms. The Labute approximate surface area is 135 Å². The number of hydrazine groups is 2. The molecule has 2 rings (SSSR count). The topological polar surface area (TPSA) is 102 Å². The van der Waals surface area contributed by atoms with Gasteiger partial charge in [-0.1, -0.05) is 35.2 Å². The van der Waals surface area contributed by atoms with E-state index < -0.39 is 21.7 Å². The first-order chi connectivity index (χ1) is 10.6. The molecule has 0 spiro atoms. The van der Waals surface area contributed by atoms with Gasteiger partial charge in [0.05, 0.1) is 5.54 Å². The third-order valence-corrected chi connectivity index (χ3v) is 4.76. The minimum Gasteiger partial charge on any atom is -0.476 e. The van der Waals surface area contributed by atoms with Crippen LogP contribution in [0.4, 0.5) is 0 Å². The lowest BCUT2D eigenvalue weighted by Gasteiger charge is -2.29. The SMILES string of the molecule is CN(C)S(=O)(=O)NN1NC(C)(Cc2ccccc2)C=C1C(=O)O. The van der Waals surface area contributed by atoms with E-state index in [4.69, 9.17) is 0 Å². The van der Waals surface area contributed by atoms with Crippen molar-refractivity contribution in [2.45, 2.75) is 18.9 Å². The molecular formula is C14H20N4O4S. The van der Waals surface area contributed by atoms with Gasteiger partial charge in [0.15, 0.2) is 5.70 Å². The van der Waals surface area contributed by atoms with Crippen molar-refractivity contribution in [3.05, 3.63) is 47.7 Å². The second-order valence-corrected chi connectivity index (χ2v) is 7.60. The molecule has 126 valence electrons. The van der Waals surface area contributed by atoms with Crippen LogP contribution in [-0.4, -0.2) is 48.6 Å². The van der Waals surface area contributed by atoms with Crippen molar-refractivity contribution in [3.8, 4) is 0 Å². The smallest absolute Gasteiger partial charge is 0.355 e. The van der Waals surface area contributed by atoms with Gasteiger partial charge in [0, 0.05) is 14.1 Å². The van der Waals surface area contributed by atoms with Crippen LogP contribution in [0.15, 0.2) is 42.1 Å². The molecule has 0 aromatic heterocycles. The lowest BCUT2D eigenvalue weighted by Crippen LogP contribution is -2.56. The van der Waals surface area contributed by atoms with Crippen molar-refractivity contribution in [2.24, 2.45) is 0 Å². The van der Waals surface area contributed by atoms with E-state index in [-0.39, 0.29) is 5.70 Å². The van der Waals surface area contributed by atoms with Gasteiger partial charge < -0.3 is 5.11 Å². The summed E-state index contributed by atoms with van der Waals surface area (Å²) < 4.78 is 24.8. The summed E-state index contributed by atoms with van der Waals surface area (Å²) >= 11 is 0. The molecule has 1 aliphatic rings. The number of nitrogens with zero attached hydrogens (tertiary/aromatic N) is 2. The number of carbonyl (C=O) groups is 1. The van der Waals surface area contributed by atoms with Gasteiger partial charge in [-0.3, -0.25) is 0 Å². The Morgan fingerprint density at radius 2 is 1.96 bits per heavy atom. The van der Waals surface area contributed by atoms with Crippen LogP contribution in [0.3, 0.4) is 0 Å². The number of aliphatic carboxylic acids is 1. The third-order valence-electron chi connectivity index (χ3n) is 3.38. The molecular weight excluding hydrogens is 320 g/mol.